The molecular weight excluding hydrogens is 304 g/mol. The van der Waals surface area contributed by atoms with Crippen LogP contribution in [0.2, 0.25) is 0 Å². The van der Waals surface area contributed by atoms with Crippen LogP contribution in [-0.2, 0) is 11.3 Å². The predicted octanol–water partition coefficient (Wildman–Crippen LogP) is 1.29. The number of rotatable bonds is 4. The van der Waals surface area contributed by atoms with Crippen LogP contribution in [0.5, 0.6) is 0 Å². The summed E-state index contributed by atoms with van der Waals surface area (Å²) in [5, 5.41) is 1.09. The lowest BCUT2D eigenvalue weighted by atomic mass is 10.2. The maximum Gasteiger partial charge on any atom is 0.270 e. The molecule has 6 heteroatoms. The van der Waals surface area contributed by atoms with Gasteiger partial charge in [0.15, 0.2) is 0 Å². The van der Waals surface area contributed by atoms with E-state index < -0.39 is 0 Å². The standard InChI is InChI=1S/C18H24N4O2/c1-2-22-15-7-4-3-6-14(15)12-16(22)18(24)21-9-5-8-20(10-11-21)13-17(19)23/h3-4,6-7,12H,2,5,8-11,13H2,1H3,(H2,19,23). The van der Waals surface area contributed by atoms with Gasteiger partial charge in [-0.1, -0.05) is 18.2 Å². The molecule has 1 aliphatic heterocycles. The zero-order valence-electron chi connectivity index (χ0n) is 14.1. The third kappa shape index (κ3) is 3.28. The van der Waals surface area contributed by atoms with Crippen molar-refractivity contribution in [2.45, 2.75) is 19.9 Å². The van der Waals surface area contributed by atoms with Crippen LogP contribution in [0.3, 0.4) is 0 Å². The van der Waals surface area contributed by atoms with Crippen molar-refractivity contribution in [3.63, 3.8) is 0 Å². The molecule has 1 aromatic heterocycles. The van der Waals surface area contributed by atoms with Gasteiger partial charge in [0.05, 0.1) is 6.54 Å². The van der Waals surface area contributed by atoms with Gasteiger partial charge in [-0.2, -0.15) is 0 Å². The monoisotopic (exact) mass is 328 g/mol. The Morgan fingerprint density at radius 2 is 1.92 bits per heavy atom. The van der Waals surface area contributed by atoms with E-state index in [1.807, 2.05) is 40.1 Å². The summed E-state index contributed by atoms with van der Waals surface area (Å²) in [7, 11) is 0. The number of nitrogens with zero attached hydrogens (tertiary/aromatic N) is 3. The molecule has 128 valence electrons. The molecule has 1 aromatic carbocycles. The van der Waals surface area contributed by atoms with Crippen molar-refractivity contribution in [3.05, 3.63) is 36.0 Å². The van der Waals surface area contributed by atoms with E-state index in [4.69, 9.17) is 5.73 Å². The molecule has 1 fully saturated rings. The molecule has 1 aliphatic rings. The third-order valence-corrected chi connectivity index (χ3v) is 4.60. The number of para-hydroxylation sites is 1. The maximum atomic E-state index is 13.0. The SMILES string of the molecule is CCn1c(C(=O)N2CCCN(CC(N)=O)CC2)cc2ccccc21. The number of primary amides is 1. The van der Waals surface area contributed by atoms with Gasteiger partial charge in [0, 0.05) is 43.6 Å². The van der Waals surface area contributed by atoms with Crippen molar-refractivity contribution in [3.8, 4) is 0 Å². The summed E-state index contributed by atoms with van der Waals surface area (Å²) in [4.78, 5) is 28.0. The Hall–Kier alpha value is -2.34. The summed E-state index contributed by atoms with van der Waals surface area (Å²) in [6.07, 6.45) is 0.853. The molecule has 0 spiro atoms. The minimum Gasteiger partial charge on any atom is -0.369 e. The number of hydrogen-bond acceptors (Lipinski definition) is 3. The zero-order chi connectivity index (χ0) is 17.1. The van der Waals surface area contributed by atoms with Gasteiger partial charge in [0.1, 0.15) is 5.69 Å². The second-order valence-corrected chi connectivity index (χ2v) is 6.22. The minimum atomic E-state index is -0.319. The molecule has 0 bridgehead atoms. The van der Waals surface area contributed by atoms with Crippen LogP contribution in [-0.4, -0.2) is 58.9 Å². The van der Waals surface area contributed by atoms with E-state index in [1.165, 1.54) is 0 Å². The minimum absolute atomic E-state index is 0.0639. The van der Waals surface area contributed by atoms with Crippen LogP contribution in [0.15, 0.2) is 30.3 Å². The van der Waals surface area contributed by atoms with Crippen LogP contribution in [0.25, 0.3) is 10.9 Å². The highest BCUT2D eigenvalue weighted by atomic mass is 16.2. The molecule has 3 rings (SSSR count). The van der Waals surface area contributed by atoms with E-state index in [9.17, 15) is 9.59 Å². The van der Waals surface area contributed by atoms with Crippen molar-refractivity contribution in [1.82, 2.24) is 14.4 Å². The summed E-state index contributed by atoms with van der Waals surface area (Å²) >= 11 is 0. The van der Waals surface area contributed by atoms with Crippen molar-refractivity contribution in [1.29, 1.82) is 0 Å². The average molecular weight is 328 g/mol. The number of carbonyl (C=O) groups is 2. The lowest BCUT2D eigenvalue weighted by molar-refractivity contribution is -0.119. The second-order valence-electron chi connectivity index (χ2n) is 6.22. The molecule has 6 nitrogen and oxygen atoms in total. The summed E-state index contributed by atoms with van der Waals surface area (Å²) in [5.74, 6) is -0.255. The van der Waals surface area contributed by atoms with Crippen molar-refractivity contribution >= 4 is 22.7 Å². The number of carbonyl (C=O) groups excluding carboxylic acids is 2. The molecule has 0 radical (unpaired) electrons. The number of aromatic nitrogens is 1. The number of amides is 2. The van der Waals surface area contributed by atoms with Gasteiger partial charge in [-0.25, -0.2) is 0 Å². The molecule has 0 unspecified atom stereocenters. The number of hydrogen-bond donors (Lipinski definition) is 1. The molecule has 0 aliphatic carbocycles. The number of benzene rings is 1. The molecule has 2 aromatic rings. The molecule has 2 amide bonds. The molecule has 0 atom stereocenters. The fraction of sp³-hybridized carbons (Fsp3) is 0.444. The van der Waals surface area contributed by atoms with E-state index in [-0.39, 0.29) is 18.4 Å². The van der Waals surface area contributed by atoms with Crippen LogP contribution in [0, 0.1) is 0 Å². The Balaban J connectivity index is 1.80. The largest absolute Gasteiger partial charge is 0.369 e. The third-order valence-electron chi connectivity index (χ3n) is 4.60. The van der Waals surface area contributed by atoms with Crippen molar-refractivity contribution < 1.29 is 9.59 Å². The number of nitrogens with two attached hydrogens (primary N) is 1. The topological polar surface area (TPSA) is 71.6 Å². The molecular formula is C18H24N4O2. The zero-order valence-corrected chi connectivity index (χ0v) is 14.1. The smallest absolute Gasteiger partial charge is 0.270 e. The lowest BCUT2D eigenvalue weighted by Crippen LogP contribution is -2.38. The van der Waals surface area contributed by atoms with Gasteiger partial charge in [-0.3, -0.25) is 14.5 Å². The van der Waals surface area contributed by atoms with Gasteiger partial charge >= 0.3 is 0 Å². The van der Waals surface area contributed by atoms with E-state index >= 15 is 0 Å². The summed E-state index contributed by atoms with van der Waals surface area (Å²) in [5.41, 5.74) is 7.11. The van der Waals surface area contributed by atoms with E-state index in [1.54, 1.807) is 0 Å². The molecule has 1 saturated heterocycles. The van der Waals surface area contributed by atoms with Crippen LogP contribution >= 0.6 is 0 Å². The Labute approximate surface area is 141 Å². The van der Waals surface area contributed by atoms with Gasteiger partial charge in [0.2, 0.25) is 5.91 Å². The van der Waals surface area contributed by atoms with Crippen molar-refractivity contribution in [2.24, 2.45) is 5.73 Å². The van der Waals surface area contributed by atoms with Gasteiger partial charge < -0.3 is 15.2 Å². The lowest BCUT2D eigenvalue weighted by Gasteiger charge is -2.22. The number of aryl methyl sites for hydroxylation is 1. The first kappa shape index (κ1) is 16.5. The predicted molar refractivity (Wildman–Crippen MR) is 93.8 cm³/mol. The first-order valence-corrected chi connectivity index (χ1v) is 8.48. The average Bonchev–Trinajstić information content (AvgIpc) is 2.79. The fourth-order valence-corrected chi connectivity index (χ4v) is 3.44. The highest BCUT2D eigenvalue weighted by Gasteiger charge is 2.23. The summed E-state index contributed by atoms with van der Waals surface area (Å²) < 4.78 is 2.07. The molecule has 24 heavy (non-hydrogen) atoms. The van der Waals surface area contributed by atoms with Crippen LogP contribution in [0.4, 0.5) is 0 Å². The second kappa shape index (κ2) is 7.05. The number of fused-ring (bicyclic) bond motifs is 1. The summed E-state index contributed by atoms with van der Waals surface area (Å²) in [6.45, 7) is 5.88. The maximum absolute atomic E-state index is 13.0. The van der Waals surface area contributed by atoms with Gasteiger partial charge in [-0.15, -0.1) is 0 Å². The van der Waals surface area contributed by atoms with E-state index in [0.717, 1.165) is 36.1 Å². The Bertz CT molecular complexity index is 753. The van der Waals surface area contributed by atoms with Gasteiger partial charge in [-0.05, 0) is 25.5 Å². The van der Waals surface area contributed by atoms with Crippen LogP contribution in [0.1, 0.15) is 23.8 Å². The van der Waals surface area contributed by atoms with Crippen LogP contribution < -0.4 is 5.73 Å². The first-order chi connectivity index (χ1) is 11.6. The first-order valence-electron chi connectivity index (χ1n) is 8.48. The van der Waals surface area contributed by atoms with Crippen molar-refractivity contribution in [2.75, 3.05) is 32.7 Å². The molecule has 0 saturated carbocycles. The Morgan fingerprint density at radius 3 is 2.67 bits per heavy atom. The Morgan fingerprint density at radius 1 is 1.12 bits per heavy atom. The molecule has 2 heterocycles. The molecule has 2 N–H and O–H groups in total. The summed E-state index contributed by atoms with van der Waals surface area (Å²) in [6, 6.07) is 10.1. The Kier molecular flexibility index (Phi) is 4.85. The van der Waals surface area contributed by atoms with Gasteiger partial charge in [0.25, 0.3) is 5.91 Å². The highest BCUT2D eigenvalue weighted by molar-refractivity contribution is 5.98. The fourth-order valence-electron chi connectivity index (χ4n) is 3.44. The normalized spacial score (nSPS) is 16.3. The highest BCUT2D eigenvalue weighted by Crippen LogP contribution is 2.21. The van der Waals surface area contributed by atoms with E-state index in [2.05, 4.69) is 11.5 Å². The van der Waals surface area contributed by atoms with E-state index in [0.29, 0.717) is 19.6 Å². The quantitative estimate of drug-likeness (QED) is 0.919.